The lowest BCUT2D eigenvalue weighted by molar-refractivity contribution is -0.137. The minimum absolute atomic E-state index is 0.0505. The number of carbonyl (C=O) groups excluding carboxylic acids is 1. The molecule has 2 rings (SSSR count). The maximum atomic E-state index is 12.3. The predicted molar refractivity (Wildman–Crippen MR) is 81.1 cm³/mol. The maximum absolute atomic E-state index is 12.3. The molecule has 21 heavy (non-hydrogen) atoms. The lowest BCUT2D eigenvalue weighted by Crippen LogP contribution is -2.49. The molecule has 1 aliphatic heterocycles. The molecule has 2 fully saturated rings. The number of hydrogen-bond donors (Lipinski definition) is 2. The first-order valence-electron chi connectivity index (χ1n) is 8.32. The first-order valence-corrected chi connectivity index (χ1v) is 8.32. The molecule has 2 amide bonds. The molecule has 1 heterocycles. The molecular weight excluding hydrogens is 268 g/mol. The Labute approximate surface area is 127 Å². The van der Waals surface area contributed by atoms with Crippen molar-refractivity contribution in [3.8, 4) is 0 Å². The van der Waals surface area contributed by atoms with E-state index in [0.29, 0.717) is 24.9 Å². The van der Waals surface area contributed by atoms with Crippen LogP contribution in [0.1, 0.15) is 58.3 Å². The molecule has 5 nitrogen and oxygen atoms in total. The minimum atomic E-state index is -0.743. The Bertz CT molecular complexity index is 365. The second-order valence-electron chi connectivity index (χ2n) is 6.79. The Morgan fingerprint density at radius 3 is 2.57 bits per heavy atom. The summed E-state index contributed by atoms with van der Waals surface area (Å²) in [5.74, 6) is 0.383. The van der Waals surface area contributed by atoms with Crippen molar-refractivity contribution in [2.75, 3.05) is 13.1 Å². The fourth-order valence-electron chi connectivity index (χ4n) is 3.48. The van der Waals surface area contributed by atoms with E-state index in [4.69, 9.17) is 5.11 Å². The van der Waals surface area contributed by atoms with Crippen molar-refractivity contribution >= 4 is 12.0 Å². The summed E-state index contributed by atoms with van der Waals surface area (Å²) in [4.78, 5) is 24.9. The summed E-state index contributed by atoms with van der Waals surface area (Å²) < 4.78 is 0. The minimum Gasteiger partial charge on any atom is -0.481 e. The van der Waals surface area contributed by atoms with Gasteiger partial charge in [-0.3, -0.25) is 4.79 Å². The topological polar surface area (TPSA) is 69.6 Å². The molecule has 0 radical (unpaired) electrons. The zero-order chi connectivity index (χ0) is 15.2. The van der Waals surface area contributed by atoms with Crippen LogP contribution in [0.2, 0.25) is 0 Å². The number of carboxylic acid groups (broad SMARTS) is 1. The molecule has 1 atom stereocenters. The van der Waals surface area contributed by atoms with E-state index < -0.39 is 5.97 Å². The number of piperidine rings is 1. The van der Waals surface area contributed by atoms with Crippen molar-refractivity contribution in [1.82, 2.24) is 10.2 Å². The van der Waals surface area contributed by atoms with Crippen molar-refractivity contribution < 1.29 is 14.7 Å². The highest BCUT2D eigenvalue weighted by molar-refractivity contribution is 5.74. The van der Waals surface area contributed by atoms with Crippen LogP contribution in [0.15, 0.2) is 0 Å². The van der Waals surface area contributed by atoms with E-state index in [9.17, 15) is 9.59 Å². The lowest BCUT2D eigenvalue weighted by atomic mass is 9.87. The highest BCUT2D eigenvalue weighted by atomic mass is 16.4. The second kappa shape index (κ2) is 7.66. The zero-order valence-electron chi connectivity index (χ0n) is 13.0. The van der Waals surface area contributed by atoms with Crippen LogP contribution >= 0.6 is 0 Å². The predicted octanol–water partition coefficient (Wildman–Crippen LogP) is 2.85. The molecule has 1 unspecified atom stereocenters. The summed E-state index contributed by atoms with van der Waals surface area (Å²) in [7, 11) is 0. The summed E-state index contributed by atoms with van der Waals surface area (Å²) in [6.07, 6.45) is 7.49. The Kier molecular flexibility index (Phi) is 5.88. The van der Waals surface area contributed by atoms with Gasteiger partial charge in [0.15, 0.2) is 0 Å². The van der Waals surface area contributed by atoms with Gasteiger partial charge in [-0.25, -0.2) is 4.79 Å². The van der Waals surface area contributed by atoms with Crippen LogP contribution in [0.5, 0.6) is 0 Å². The average Bonchev–Trinajstić information content (AvgIpc) is 2.48. The molecule has 5 heteroatoms. The number of likely N-dealkylation sites (tertiary alicyclic amines) is 1. The van der Waals surface area contributed by atoms with Crippen LogP contribution in [0, 0.1) is 11.8 Å². The number of amides is 2. The maximum Gasteiger partial charge on any atom is 0.317 e. The van der Waals surface area contributed by atoms with Crippen molar-refractivity contribution in [2.45, 2.75) is 64.3 Å². The molecule has 2 N–H and O–H groups in total. The fourth-order valence-corrected chi connectivity index (χ4v) is 3.48. The number of urea groups is 1. The van der Waals surface area contributed by atoms with Gasteiger partial charge in [-0.15, -0.1) is 0 Å². The van der Waals surface area contributed by atoms with Crippen molar-refractivity contribution in [2.24, 2.45) is 11.8 Å². The van der Waals surface area contributed by atoms with Gasteiger partial charge in [0.1, 0.15) is 0 Å². The number of hydrogen-bond acceptors (Lipinski definition) is 2. The van der Waals surface area contributed by atoms with Crippen LogP contribution in [0.25, 0.3) is 0 Å². The van der Waals surface area contributed by atoms with Crippen LogP contribution in [-0.2, 0) is 4.79 Å². The molecule has 0 aromatic heterocycles. The number of carbonyl (C=O) groups is 2. The molecule has 1 saturated heterocycles. The first-order chi connectivity index (χ1) is 10.0. The number of rotatable bonds is 4. The monoisotopic (exact) mass is 296 g/mol. The molecule has 120 valence electrons. The van der Waals surface area contributed by atoms with Gasteiger partial charge in [0, 0.05) is 25.6 Å². The molecule has 1 saturated carbocycles. The van der Waals surface area contributed by atoms with E-state index in [1.165, 1.54) is 12.8 Å². The van der Waals surface area contributed by atoms with E-state index in [2.05, 4.69) is 12.2 Å². The van der Waals surface area contributed by atoms with Gasteiger partial charge in [-0.2, -0.15) is 0 Å². The highest BCUT2D eigenvalue weighted by Crippen LogP contribution is 2.24. The molecule has 0 aromatic rings. The molecule has 0 spiro atoms. The SMILES string of the molecule is CC1CCC(NC(=O)N2CCCC(CCC(=O)O)C2)CC1. The van der Waals surface area contributed by atoms with Gasteiger partial charge in [0.05, 0.1) is 0 Å². The lowest BCUT2D eigenvalue weighted by Gasteiger charge is -2.35. The van der Waals surface area contributed by atoms with Crippen molar-refractivity contribution in [1.29, 1.82) is 0 Å². The molecule has 1 aliphatic carbocycles. The van der Waals surface area contributed by atoms with Crippen LogP contribution in [0.3, 0.4) is 0 Å². The van der Waals surface area contributed by atoms with E-state index in [1.54, 1.807) is 0 Å². The van der Waals surface area contributed by atoms with E-state index in [-0.39, 0.29) is 12.5 Å². The largest absolute Gasteiger partial charge is 0.481 e. The summed E-state index contributed by atoms with van der Waals surface area (Å²) in [5, 5.41) is 11.9. The summed E-state index contributed by atoms with van der Waals surface area (Å²) in [6.45, 7) is 3.79. The number of carboxylic acids is 1. The summed E-state index contributed by atoms with van der Waals surface area (Å²) >= 11 is 0. The van der Waals surface area contributed by atoms with Gasteiger partial charge in [-0.1, -0.05) is 6.92 Å². The highest BCUT2D eigenvalue weighted by Gasteiger charge is 2.26. The van der Waals surface area contributed by atoms with Gasteiger partial charge >= 0.3 is 12.0 Å². The third-order valence-corrected chi connectivity index (χ3v) is 4.92. The number of nitrogens with zero attached hydrogens (tertiary/aromatic N) is 1. The normalized spacial score (nSPS) is 30.0. The Morgan fingerprint density at radius 1 is 1.19 bits per heavy atom. The van der Waals surface area contributed by atoms with Crippen LogP contribution in [-0.4, -0.2) is 41.1 Å². The van der Waals surface area contributed by atoms with Crippen molar-refractivity contribution in [3.05, 3.63) is 0 Å². The Balaban J connectivity index is 1.75. The standard InChI is InChI=1S/C16H28N2O3/c1-12-4-7-14(8-5-12)17-16(21)18-10-2-3-13(11-18)6-9-15(19)20/h12-14H,2-11H2,1H3,(H,17,21)(H,19,20). The Hall–Kier alpha value is -1.26. The third kappa shape index (κ3) is 5.21. The zero-order valence-corrected chi connectivity index (χ0v) is 13.0. The summed E-state index contributed by atoms with van der Waals surface area (Å²) in [5.41, 5.74) is 0. The summed E-state index contributed by atoms with van der Waals surface area (Å²) in [6, 6.07) is 0.377. The number of aliphatic carboxylic acids is 1. The second-order valence-corrected chi connectivity index (χ2v) is 6.79. The smallest absolute Gasteiger partial charge is 0.317 e. The number of nitrogens with one attached hydrogen (secondary N) is 1. The van der Waals surface area contributed by atoms with Gasteiger partial charge < -0.3 is 15.3 Å². The first kappa shape index (κ1) is 16.1. The van der Waals surface area contributed by atoms with E-state index >= 15 is 0 Å². The van der Waals surface area contributed by atoms with Gasteiger partial charge in [0.2, 0.25) is 0 Å². The van der Waals surface area contributed by atoms with E-state index in [0.717, 1.165) is 38.1 Å². The van der Waals surface area contributed by atoms with Crippen LogP contribution < -0.4 is 5.32 Å². The van der Waals surface area contributed by atoms with Crippen molar-refractivity contribution in [3.63, 3.8) is 0 Å². The van der Waals surface area contributed by atoms with E-state index in [1.807, 2.05) is 4.90 Å². The Morgan fingerprint density at radius 2 is 1.90 bits per heavy atom. The molecular formula is C16H28N2O3. The van der Waals surface area contributed by atoms with Gasteiger partial charge in [0.25, 0.3) is 0 Å². The molecule has 2 aliphatic rings. The fraction of sp³-hybridized carbons (Fsp3) is 0.875. The molecule has 0 aromatic carbocycles. The quantitative estimate of drug-likeness (QED) is 0.838. The van der Waals surface area contributed by atoms with Gasteiger partial charge in [-0.05, 0) is 56.8 Å². The van der Waals surface area contributed by atoms with Crippen LogP contribution in [0.4, 0.5) is 4.79 Å². The average molecular weight is 296 g/mol. The molecule has 0 bridgehead atoms. The third-order valence-electron chi connectivity index (χ3n) is 4.92.